The van der Waals surface area contributed by atoms with Gasteiger partial charge in [-0.3, -0.25) is 0 Å². The van der Waals surface area contributed by atoms with Crippen LogP contribution in [0.5, 0.6) is 0 Å². The van der Waals surface area contributed by atoms with Crippen molar-refractivity contribution in [2.75, 3.05) is 0 Å². The van der Waals surface area contributed by atoms with Crippen molar-refractivity contribution in [2.24, 2.45) is 0 Å². The Labute approximate surface area is 69.1 Å². The summed E-state index contributed by atoms with van der Waals surface area (Å²) in [6.07, 6.45) is 1.29. The zero-order valence-electron chi connectivity index (χ0n) is 3.68. The molecule has 0 saturated carbocycles. The van der Waals surface area contributed by atoms with Gasteiger partial charge in [-0.25, -0.2) is 0 Å². The first-order chi connectivity index (χ1) is 1.91. The zero-order chi connectivity index (χ0) is 3.41. The van der Waals surface area contributed by atoms with Gasteiger partial charge in [0.1, 0.15) is 0 Å². The summed E-state index contributed by atoms with van der Waals surface area (Å²) in [6.45, 7) is 2.16. The molecule has 3 heteroatoms. The average Bonchev–Trinajstić information content (AvgIpc) is 1.37. The number of rotatable bonds is 1. The Morgan fingerprint density at radius 1 is 1.33 bits per heavy atom. The molecule has 0 aliphatic heterocycles. The van der Waals surface area contributed by atoms with Crippen LogP contribution in [0.2, 0.25) is 5.21 Å². The Hall–Kier alpha value is 1.52. The van der Waals surface area contributed by atoms with Gasteiger partial charge >= 0.3 is 35.4 Å². The molecule has 0 aromatic rings. The Bertz CT molecular complexity index is 10.8. The molecule has 40 valence electrons. The van der Waals surface area contributed by atoms with Crippen LogP contribution in [0.25, 0.3) is 0 Å². The minimum absolute atomic E-state index is 0. The molecule has 0 spiro atoms. The van der Waals surface area contributed by atoms with E-state index < -0.39 is 0 Å². The fourth-order valence-corrected chi connectivity index (χ4v) is 0. The Kier molecular flexibility index (Phi) is 41.8. The SMILES string of the molecule is Br.Br.CCC[As]. The van der Waals surface area contributed by atoms with Gasteiger partial charge in [-0.15, -0.1) is 34.0 Å². The second kappa shape index (κ2) is 16.0. The van der Waals surface area contributed by atoms with E-state index in [4.69, 9.17) is 0 Å². The summed E-state index contributed by atoms with van der Waals surface area (Å²) in [5, 5.41) is 1.26. The second-order valence-electron chi connectivity index (χ2n) is 0.724. The molecule has 6 heavy (non-hydrogen) atoms. The first-order valence-electron chi connectivity index (χ1n) is 1.52. The fourth-order valence-electron chi connectivity index (χ4n) is 0. The van der Waals surface area contributed by atoms with Crippen molar-refractivity contribution in [2.45, 2.75) is 18.6 Å². The summed E-state index contributed by atoms with van der Waals surface area (Å²) < 4.78 is 0. The Balaban J connectivity index is -0.0000000450. The summed E-state index contributed by atoms with van der Waals surface area (Å²) >= 11 is 2.54. The molecule has 0 rings (SSSR count). The molecule has 0 bridgehead atoms. The van der Waals surface area contributed by atoms with E-state index in [0.717, 1.165) is 0 Å². The van der Waals surface area contributed by atoms with Crippen LogP contribution < -0.4 is 0 Å². The molecule has 0 fully saturated rings. The van der Waals surface area contributed by atoms with Crippen LogP contribution in [-0.4, -0.2) is 16.9 Å². The van der Waals surface area contributed by atoms with Crippen molar-refractivity contribution in [3.05, 3.63) is 0 Å². The van der Waals surface area contributed by atoms with Gasteiger partial charge in [0, 0.05) is 0 Å². The minimum atomic E-state index is 0. The van der Waals surface area contributed by atoms with Gasteiger partial charge in [-0.05, 0) is 0 Å². The van der Waals surface area contributed by atoms with Gasteiger partial charge in [-0.2, -0.15) is 0 Å². The molecule has 0 aliphatic carbocycles. The van der Waals surface area contributed by atoms with Crippen molar-refractivity contribution < 1.29 is 0 Å². The normalized spacial score (nSPS) is 5.00. The third kappa shape index (κ3) is 17.8. The van der Waals surface area contributed by atoms with Crippen LogP contribution in [0.4, 0.5) is 0 Å². The third-order valence-corrected chi connectivity index (χ3v) is 1.16. The molecule has 0 saturated heterocycles. The third-order valence-electron chi connectivity index (χ3n) is 0.224. The van der Waals surface area contributed by atoms with E-state index in [1.54, 1.807) is 0 Å². The molecule has 0 nitrogen and oxygen atoms in total. The van der Waals surface area contributed by atoms with Crippen LogP contribution in [0, 0.1) is 0 Å². The summed E-state index contributed by atoms with van der Waals surface area (Å²) in [6, 6.07) is 0. The molecule has 0 heterocycles. The molecular weight excluding hydrogens is 271 g/mol. The molecule has 0 unspecified atom stereocenters. The summed E-state index contributed by atoms with van der Waals surface area (Å²) in [5.41, 5.74) is 0. The molecule has 0 aliphatic rings. The molecule has 0 aromatic carbocycles. The van der Waals surface area contributed by atoms with Gasteiger partial charge in [0.15, 0.2) is 0 Å². The summed E-state index contributed by atoms with van der Waals surface area (Å²) in [4.78, 5) is 0. The predicted octanol–water partition coefficient (Wildman–Crippen LogP) is 2.14. The molecular formula is C3H9AsBr2. The summed E-state index contributed by atoms with van der Waals surface area (Å²) in [7, 11) is 0. The van der Waals surface area contributed by atoms with E-state index in [0.29, 0.717) is 0 Å². The van der Waals surface area contributed by atoms with Crippen molar-refractivity contribution in [3.63, 3.8) is 0 Å². The summed E-state index contributed by atoms with van der Waals surface area (Å²) in [5.74, 6) is 0. The number of hydrogen-bond acceptors (Lipinski definition) is 0. The van der Waals surface area contributed by atoms with Crippen LogP contribution in [0.15, 0.2) is 0 Å². The van der Waals surface area contributed by atoms with Gasteiger partial charge in [0.25, 0.3) is 0 Å². The van der Waals surface area contributed by atoms with Crippen LogP contribution in [-0.2, 0) is 0 Å². The van der Waals surface area contributed by atoms with E-state index in [-0.39, 0.29) is 34.0 Å². The first kappa shape index (κ1) is 15.6. The monoisotopic (exact) mass is 278 g/mol. The van der Waals surface area contributed by atoms with Crippen molar-refractivity contribution >= 4 is 50.8 Å². The maximum atomic E-state index is 2.54. The second-order valence-corrected chi connectivity index (χ2v) is 1.66. The quantitative estimate of drug-likeness (QED) is 0.645. The van der Waals surface area contributed by atoms with E-state index in [2.05, 4.69) is 23.8 Å². The molecule has 0 amide bonds. The predicted molar refractivity (Wildman–Crippen MR) is 41.5 cm³/mol. The van der Waals surface area contributed by atoms with Gasteiger partial charge in [0.05, 0.1) is 0 Å². The Morgan fingerprint density at radius 3 is 1.50 bits per heavy atom. The van der Waals surface area contributed by atoms with E-state index in [9.17, 15) is 0 Å². The van der Waals surface area contributed by atoms with Crippen molar-refractivity contribution in [3.8, 4) is 0 Å². The number of halogens is 2. The van der Waals surface area contributed by atoms with Crippen molar-refractivity contribution in [1.82, 2.24) is 0 Å². The van der Waals surface area contributed by atoms with Gasteiger partial charge < -0.3 is 0 Å². The van der Waals surface area contributed by atoms with Gasteiger partial charge in [-0.1, -0.05) is 0 Å². The van der Waals surface area contributed by atoms with Gasteiger partial charge in [0.2, 0.25) is 0 Å². The van der Waals surface area contributed by atoms with Crippen molar-refractivity contribution in [1.29, 1.82) is 0 Å². The number of hydrogen-bond donors (Lipinski definition) is 0. The van der Waals surface area contributed by atoms with Crippen LogP contribution >= 0.6 is 34.0 Å². The molecule has 0 N–H and O–H groups in total. The zero-order valence-corrected chi connectivity index (χ0v) is 8.98. The van der Waals surface area contributed by atoms with E-state index >= 15 is 0 Å². The van der Waals surface area contributed by atoms with Crippen LogP contribution in [0.1, 0.15) is 13.3 Å². The standard InChI is InChI=1S/C3H7As.2BrH/c1-2-3-4;;/h2-3H2,1H3;2*1H. The molecule has 2 radical (unpaired) electrons. The first-order valence-corrected chi connectivity index (χ1v) is 2.85. The Morgan fingerprint density at radius 2 is 1.50 bits per heavy atom. The average molecular weight is 280 g/mol. The fraction of sp³-hybridized carbons (Fsp3) is 1.00. The topological polar surface area (TPSA) is 0 Å². The maximum absolute atomic E-state index is 2.54. The van der Waals surface area contributed by atoms with E-state index in [1.807, 2.05) is 0 Å². The van der Waals surface area contributed by atoms with E-state index in [1.165, 1.54) is 11.6 Å². The molecule has 0 atom stereocenters. The van der Waals surface area contributed by atoms with Crippen LogP contribution in [0.3, 0.4) is 0 Å². The molecule has 0 aromatic heterocycles.